The number of hydrogen-bond donors (Lipinski definition) is 0. The first-order chi connectivity index (χ1) is 24.1. The van der Waals surface area contributed by atoms with E-state index in [0.717, 1.165) is 35.7 Å². The number of hydrogen-bond acceptors (Lipinski definition) is 0. The van der Waals surface area contributed by atoms with Gasteiger partial charge in [0.25, 0.3) is 0 Å². The van der Waals surface area contributed by atoms with Crippen molar-refractivity contribution < 1.29 is 18.3 Å². The first kappa shape index (κ1) is 45.0. The second kappa shape index (κ2) is 15.6. The summed E-state index contributed by atoms with van der Waals surface area (Å²) in [5, 5.41) is 1.51. The van der Waals surface area contributed by atoms with Gasteiger partial charge in [-0.3, -0.25) is 0 Å². The molecule has 4 aromatic carbocycles. The van der Waals surface area contributed by atoms with Gasteiger partial charge < -0.3 is 0 Å². The number of halogens is 4. The minimum atomic E-state index is -5.33. The predicted octanol–water partition coefficient (Wildman–Crippen LogP) is 13.7. The Kier molecular flexibility index (Phi) is 13.0. The molecule has 0 heterocycles. The van der Waals surface area contributed by atoms with E-state index in [4.69, 9.17) is 27.4 Å². The van der Waals surface area contributed by atoms with E-state index in [0.29, 0.717) is 0 Å². The number of unbranched alkanes of at least 4 members (excludes halogenated alkanes) is 1. The van der Waals surface area contributed by atoms with Crippen LogP contribution in [-0.2, 0) is 35.5 Å². The Labute approximate surface area is 350 Å². The van der Waals surface area contributed by atoms with Crippen LogP contribution in [0.25, 0.3) is 11.1 Å². The van der Waals surface area contributed by atoms with Gasteiger partial charge in [-0.25, -0.2) is 0 Å². The van der Waals surface area contributed by atoms with Crippen LogP contribution in [0.2, 0.25) is 10.0 Å². The van der Waals surface area contributed by atoms with Crippen molar-refractivity contribution in [2.75, 3.05) is 0 Å². The van der Waals surface area contributed by atoms with Gasteiger partial charge in [-0.15, -0.1) is 24.8 Å². The number of aryl methyl sites for hydroxylation is 1. The van der Waals surface area contributed by atoms with Crippen molar-refractivity contribution in [2.24, 2.45) is 11.3 Å². The quantitative estimate of drug-likeness (QED) is 0.153. The maximum absolute atomic E-state index is 7.11. The zero-order valence-corrected chi connectivity index (χ0v) is 40.3. The summed E-state index contributed by atoms with van der Waals surface area (Å²) in [5.41, 5.74) is 12.5. The molecule has 0 aliphatic heterocycles. The molecule has 2 aliphatic rings. The summed E-state index contributed by atoms with van der Waals surface area (Å²) in [6, 6.07) is 25.2. The Bertz CT molecular complexity index is 2160. The average molecular weight is 884 g/mol. The first-order valence-electron chi connectivity index (χ1n) is 19.4. The van der Waals surface area contributed by atoms with Crippen molar-refractivity contribution in [3.8, 4) is 11.1 Å². The van der Waals surface area contributed by atoms with Crippen molar-refractivity contribution >= 4 is 62.0 Å². The second-order valence-electron chi connectivity index (χ2n) is 19.1. The van der Waals surface area contributed by atoms with Gasteiger partial charge in [0.05, 0.1) is 0 Å². The van der Waals surface area contributed by atoms with E-state index in [1.165, 1.54) is 63.2 Å². The number of fused-ring (bicyclic) bond motifs is 3. The van der Waals surface area contributed by atoms with Crippen LogP contribution in [0.5, 0.6) is 0 Å². The molecule has 0 aromatic heterocycles. The molecule has 54 heavy (non-hydrogen) atoms. The standard InChI is InChI=1S/C23H29.C13H21.2C6H4Cl.CH2.2ClH.Zr/c1-14-9-16-11-17-10-15(2)21(23(6,7)8)13-19(17)18(16)12-20(14)22(3,4)5;1-5-6-7-11-8-9-12(10-11)13(2,3)4;2*7-6-4-2-1-3-5-6;;;;/h9,12-13H,11H2,1-8H3;9-11H,5-7H2,1-4H3;2*1-2,4-5H;1H2;2*1H;. The monoisotopic (exact) mass is 880 g/mol. The van der Waals surface area contributed by atoms with Crippen molar-refractivity contribution in [1.82, 2.24) is 0 Å². The maximum atomic E-state index is 7.11. The topological polar surface area (TPSA) is 0 Å². The van der Waals surface area contributed by atoms with Gasteiger partial charge in [0.15, 0.2) is 0 Å². The Hall–Kier alpha value is -1.73. The van der Waals surface area contributed by atoms with Crippen LogP contribution in [0, 0.1) is 25.2 Å². The second-order valence-corrected chi connectivity index (χ2v) is 32.7. The molecular formula is C49H62Cl4Zr. The number of allylic oxidation sites excluding steroid dienone is 4. The zero-order valence-electron chi connectivity index (χ0n) is 34.7. The fraction of sp³-hybridized carbons (Fsp3) is 0.408. The van der Waals surface area contributed by atoms with Gasteiger partial charge >= 0.3 is 329 Å². The molecule has 0 nitrogen and oxygen atoms in total. The zero-order chi connectivity index (χ0) is 38.2. The Morgan fingerprint density at radius 2 is 1.26 bits per heavy atom. The normalized spacial score (nSPS) is 15.9. The van der Waals surface area contributed by atoms with Crippen molar-refractivity contribution in [3.05, 3.63) is 131 Å². The Morgan fingerprint density at radius 1 is 0.722 bits per heavy atom. The molecule has 0 bridgehead atoms. The van der Waals surface area contributed by atoms with E-state index in [-0.39, 0.29) is 47.0 Å². The summed E-state index contributed by atoms with van der Waals surface area (Å²) in [5.74, 6) is 0.266. The first-order valence-corrected chi connectivity index (χ1v) is 26.8. The molecule has 0 fully saturated rings. The van der Waals surface area contributed by atoms with E-state index in [2.05, 4.69) is 150 Å². The fourth-order valence-corrected chi connectivity index (χ4v) is 28.2. The summed E-state index contributed by atoms with van der Waals surface area (Å²) < 4.78 is 11.5. The SMILES string of the molecule is Cl.Cl.[CH2]=[Zr]([C]1=CC(C(C)(C)C)=CC1CCCC)([c]1cccc(Cl)c1)([c]1cccc(Cl)c1)[c]1c(C)c(C(C)(C)C)cc2c1Cc1cc(C)c(C(C)(C)C)cc1-2. The van der Waals surface area contributed by atoms with E-state index in [1.807, 2.05) is 12.1 Å². The van der Waals surface area contributed by atoms with Crippen LogP contribution < -0.4 is 9.81 Å². The molecule has 0 saturated carbocycles. The molecule has 1 atom stereocenters. The van der Waals surface area contributed by atoms with Crippen LogP contribution in [0.1, 0.15) is 122 Å². The van der Waals surface area contributed by atoms with Gasteiger partial charge in [0.2, 0.25) is 0 Å². The minimum absolute atomic E-state index is 0. The third-order valence-electron chi connectivity index (χ3n) is 12.4. The Balaban J connectivity index is 0.00000325. The van der Waals surface area contributed by atoms with Crippen molar-refractivity contribution in [2.45, 2.75) is 120 Å². The molecule has 290 valence electrons. The fourth-order valence-electron chi connectivity index (χ4n) is 9.87. The third-order valence-corrected chi connectivity index (χ3v) is 29.4. The third kappa shape index (κ3) is 7.42. The molecule has 0 N–H and O–H groups in total. The van der Waals surface area contributed by atoms with Crippen LogP contribution >= 0.6 is 48.0 Å². The molecule has 6 rings (SSSR count). The number of benzene rings is 4. The predicted molar refractivity (Wildman–Crippen MR) is 244 cm³/mol. The van der Waals surface area contributed by atoms with E-state index in [9.17, 15) is 0 Å². The molecule has 0 spiro atoms. The molecule has 2 aliphatic carbocycles. The van der Waals surface area contributed by atoms with Gasteiger partial charge in [0, 0.05) is 0 Å². The van der Waals surface area contributed by atoms with E-state index < -0.39 is 18.3 Å². The molecule has 0 radical (unpaired) electrons. The van der Waals surface area contributed by atoms with Gasteiger partial charge in [-0.1, -0.05) is 0 Å². The molecular weight excluding hydrogens is 822 g/mol. The van der Waals surface area contributed by atoms with E-state index in [1.54, 1.807) is 0 Å². The van der Waals surface area contributed by atoms with Crippen molar-refractivity contribution in [1.29, 1.82) is 0 Å². The van der Waals surface area contributed by atoms with Crippen molar-refractivity contribution in [3.63, 3.8) is 0 Å². The summed E-state index contributed by atoms with van der Waals surface area (Å²) in [6.07, 6.45) is 9.51. The summed E-state index contributed by atoms with van der Waals surface area (Å²) in [7, 11) is 0. The molecule has 0 amide bonds. The van der Waals surface area contributed by atoms with Crippen LogP contribution in [0.15, 0.2) is 87.7 Å². The van der Waals surface area contributed by atoms with Crippen LogP contribution in [-0.4, -0.2) is 4.21 Å². The summed E-state index contributed by atoms with van der Waals surface area (Å²) >= 11 is 8.89. The van der Waals surface area contributed by atoms with Gasteiger partial charge in [-0.05, 0) is 0 Å². The van der Waals surface area contributed by atoms with Crippen LogP contribution in [0.4, 0.5) is 0 Å². The molecule has 0 saturated heterocycles. The summed E-state index contributed by atoms with van der Waals surface area (Å²) in [4.78, 5) is 0. The van der Waals surface area contributed by atoms with E-state index >= 15 is 0 Å². The molecule has 1 unspecified atom stereocenters. The van der Waals surface area contributed by atoms with Gasteiger partial charge in [-0.2, -0.15) is 0 Å². The average Bonchev–Trinajstić information content (AvgIpc) is 3.64. The van der Waals surface area contributed by atoms with Crippen LogP contribution in [0.3, 0.4) is 0 Å². The Morgan fingerprint density at radius 3 is 1.74 bits per heavy atom. The molecule has 5 heteroatoms. The van der Waals surface area contributed by atoms with Gasteiger partial charge in [0.1, 0.15) is 0 Å². The summed E-state index contributed by atoms with van der Waals surface area (Å²) in [6.45, 7) is 28.2. The molecule has 4 aromatic rings. The number of rotatable bonds is 7.